The van der Waals surface area contributed by atoms with E-state index in [-0.39, 0.29) is 11.2 Å². The lowest BCUT2D eigenvalue weighted by atomic mass is 10.3. The van der Waals surface area contributed by atoms with Crippen molar-refractivity contribution in [3.63, 3.8) is 0 Å². The maximum absolute atomic E-state index is 12.2. The SMILES string of the molecule is COc1ccc(S[C@@H](C)C(=O)Nc2cccc(Br)c2)cc1. The Morgan fingerprint density at radius 3 is 2.57 bits per heavy atom. The number of hydrogen-bond donors (Lipinski definition) is 1. The van der Waals surface area contributed by atoms with Crippen molar-refractivity contribution >= 4 is 39.3 Å². The summed E-state index contributed by atoms with van der Waals surface area (Å²) in [4.78, 5) is 13.2. The Kier molecular flexibility index (Phi) is 5.70. The van der Waals surface area contributed by atoms with Crippen LogP contribution in [-0.4, -0.2) is 18.3 Å². The third-order valence-corrected chi connectivity index (χ3v) is 4.44. The van der Waals surface area contributed by atoms with Gasteiger partial charge in [-0.05, 0) is 49.4 Å². The lowest BCUT2D eigenvalue weighted by Gasteiger charge is -2.12. The van der Waals surface area contributed by atoms with E-state index in [0.29, 0.717) is 0 Å². The Labute approximate surface area is 137 Å². The van der Waals surface area contributed by atoms with Gasteiger partial charge in [0.25, 0.3) is 0 Å². The number of ether oxygens (including phenoxy) is 1. The average molecular weight is 366 g/mol. The molecule has 0 bridgehead atoms. The quantitative estimate of drug-likeness (QED) is 0.788. The van der Waals surface area contributed by atoms with Crippen LogP contribution < -0.4 is 10.1 Å². The van der Waals surface area contributed by atoms with Gasteiger partial charge >= 0.3 is 0 Å². The average Bonchev–Trinajstić information content (AvgIpc) is 2.48. The summed E-state index contributed by atoms with van der Waals surface area (Å²) in [6.07, 6.45) is 0. The fraction of sp³-hybridized carbons (Fsp3) is 0.188. The zero-order valence-corrected chi connectivity index (χ0v) is 14.2. The molecule has 21 heavy (non-hydrogen) atoms. The van der Waals surface area contributed by atoms with Crippen molar-refractivity contribution in [2.75, 3.05) is 12.4 Å². The summed E-state index contributed by atoms with van der Waals surface area (Å²) in [5.74, 6) is 0.791. The third-order valence-electron chi connectivity index (χ3n) is 2.83. The number of rotatable bonds is 5. The molecule has 1 N–H and O–H groups in total. The maximum Gasteiger partial charge on any atom is 0.237 e. The molecule has 1 atom stereocenters. The summed E-state index contributed by atoms with van der Waals surface area (Å²) >= 11 is 4.90. The summed E-state index contributed by atoms with van der Waals surface area (Å²) < 4.78 is 6.06. The lowest BCUT2D eigenvalue weighted by molar-refractivity contribution is -0.115. The molecule has 0 aliphatic heterocycles. The van der Waals surface area contributed by atoms with Gasteiger partial charge in [-0.1, -0.05) is 22.0 Å². The van der Waals surface area contributed by atoms with Crippen LogP contribution in [0.2, 0.25) is 0 Å². The first-order valence-electron chi connectivity index (χ1n) is 6.45. The molecule has 110 valence electrons. The van der Waals surface area contributed by atoms with E-state index in [4.69, 9.17) is 4.74 Å². The fourth-order valence-corrected chi connectivity index (χ4v) is 2.99. The van der Waals surface area contributed by atoms with E-state index in [1.54, 1.807) is 7.11 Å². The second-order valence-electron chi connectivity index (χ2n) is 4.44. The minimum absolute atomic E-state index is 0.0195. The first-order chi connectivity index (χ1) is 10.1. The topological polar surface area (TPSA) is 38.3 Å². The highest BCUT2D eigenvalue weighted by molar-refractivity contribution is 9.10. The van der Waals surface area contributed by atoms with Crippen LogP contribution in [0.15, 0.2) is 57.9 Å². The monoisotopic (exact) mass is 365 g/mol. The number of hydrogen-bond acceptors (Lipinski definition) is 3. The van der Waals surface area contributed by atoms with Gasteiger partial charge in [0, 0.05) is 15.1 Å². The number of nitrogens with one attached hydrogen (secondary N) is 1. The predicted molar refractivity (Wildman–Crippen MR) is 91.1 cm³/mol. The molecule has 0 radical (unpaired) electrons. The van der Waals surface area contributed by atoms with Gasteiger partial charge in [0.15, 0.2) is 0 Å². The van der Waals surface area contributed by atoms with E-state index in [0.717, 1.165) is 20.8 Å². The number of methoxy groups -OCH3 is 1. The van der Waals surface area contributed by atoms with Gasteiger partial charge in [-0.25, -0.2) is 0 Å². The van der Waals surface area contributed by atoms with Crippen LogP contribution in [0.3, 0.4) is 0 Å². The zero-order chi connectivity index (χ0) is 15.2. The summed E-state index contributed by atoms with van der Waals surface area (Å²) in [7, 11) is 1.64. The largest absolute Gasteiger partial charge is 0.497 e. The molecule has 2 aromatic rings. The third kappa shape index (κ3) is 4.79. The standard InChI is InChI=1S/C16H16BrNO2S/c1-11(21-15-8-6-14(20-2)7-9-15)16(19)18-13-5-3-4-12(17)10-13/h3-11H,1-2H3,(H,18,19)/t11-/m0/s1. The van der Waals surface area contributed by atoms with Crippen molar-refractivity contribution in [3.8, 4) is 5.75 Å². The molecule has 2 rings (SSSR count). The molecule has 0 unspecified atom stereocenters. The summed E-state index contributed by atoms with van der Waals surface area (Å²) in [6.45, 7) is 1.89. The lowest BCUT2D eigenvalue weighted by Crippen LogP contribution is -2.22. The fourth-order valence-electron chi connectivity index (χ4n) is 1.72. The molecule has 0 aliphatic rings. The van der Waals surface area contributed by atoms with E-state index in [2.05, 4.69) is 21.2 Å². The smallest absolute Gasteiger partial charge is 0.237 e. The summed E-state index contributed by atoms with van der Waals surface area (Å²) in [5.41, 5.74) is 0.788. The van der Waals surface area contributed by atoms with Gasteiger partial charge in [-0.3, -0.25) is 4.79 Å². The molecule has 0 saturated heterocycles. The zero-order valence-electron chi connectivity index (χ0n) is 11.8. The van der Waals surface area contributed by atoms with Gasteiger partial charge in [0.05, 0.1) is 12.4 Å². The van der Waals surface area contributed by atoms with Crippen LogP contribution in [-0.2, 0) is 4.79 Å². The van der Waals surface area contributed by atoms with Crippen LogP contribution >= 0.6 is 27.7 Å². The molecule has 2 aromatic carbocycles. The Morgan fingerprint density at radius 1 is 1.24 bits per heavy atom. The Balaban J connectivity index is 1.95. The van der Waals surface area contributed by atoms with Gasteiger partial charge < -0.3 is 10.1 Å². The number of benzene rings is 2. The van der Waals surface area contributed by atoms with Gasteiger partial charge in [-0.15, -0.1) is 11.8 Å². The second kappa shape index (κ2) is 7.52. The minimum Gasteiger partial charge on any atom is -0.497 e. The summed E-state index contributed by atoms with van der Waals surface area (Å²) in [5, 5.41) is 2.73. The first-order valence-corrected chi connectivity index (χ1v) is 8.13. The van der Waals surface area contributed by atoms with Crippen molar-refractivity contribution in [1.82, 2.24) is 0 Å². The van der Waals surface area contributed by atoms with E-state index in [1.165, 1.54) is 11.8 Å². The maximum atomic E-state index is 12.2. The Hall–Kier alpha value is -1.46. The molecule has 0 fully saturated rings. The first kappa shape index (κ1) is 15.9. The van der Waals surface area contributed by atoms with Crippen molar-refractivity contribution in [2.45, 2.75) is 17.1 Å². The highest BCUT2D eigenvalue weighted by atomic mass is 79.9. The molecule has 3 nitrogen and oxygen atoms in total. The predicted octanol–water partition coefficient (Wildman–Crippen LogP) is 4.58. The van der Waals surface area contributed by atoms with Crippen molar-refractivity contribution in [2.24, 2.45) is 0 Å². The number of carbonyl (C=O) groups excluding carboxylic acids is 1. The van der Waals surface area contributed by atoms with Crippen molar-refractivity contribution in [3.05, 3.63) is 53.0 Å². The molecular formula is C16H16BrNO2S. The van der Waals surface area contributed by atoms with E-state index < -0.39 is 0 Å². The minimum atomic E-state index is -0.183. The molecule has 0 spiro atoms. The highest BCUT2D eigenvalue weighted by Gasteiger charge is 2.14. The molecule has 5 heteroatoms. The van der Waals surface area contributed by atoms with Crippen LogP contribution in [0.1, 0.15) is 6.92 Å². The van der Waals surface area contributed by atoms with Gasteiger partial charge in [0.1, 0.15) is 5.75 Å². The molecule has 0 aromatic heterocycles. The van der Waals surface area contributed by atoms with Crippen LogP contribution in [0.25, 0.3) is 0 Å². The highest BCUT2D eigenvalue weighted by Crippen LogP contribution is 2.26. The van der Waals surface area contributed by atoms with Gasteiger partial charge in [-0.2, -0.15) is 0 Å². The number of carbonyl (C=O) groups is 1. The number of amides is 1. The Bertz CT molecular complexity index is 616. The van der Waals surface area contributed by atoms with E-state index >= 15 is 0 Å². The number of thioether (sulfide) groups is 1. The molecule has 0 heterocycles. The molecule has 0 saturated carbocycles. The van der Waals surface area contributed by atoms with Crippen LogP contribution in [0, 0.1) is 0 Å². The van der Waals surface area contributed by atoms with E-state index in [1.807, 2.05) is 55.5 Å². The van der Waals surface area contributed by atoms with Crippen molar-refractivity contribution < 1.29 is 9.53 Å². The van der Waals surface area contributed by atoms with Crippen molar-refractivity contribution in [1.29, 1.82) is 0 Å². The summed E-state index contributed by atoms with van der Waals surface area (Å²) in [6, 6.07) is 15.2. The van der Waals surface area contributed by atoms with E-state index in [9.17, 15) is 4.79 Å². The van der Waals surface area contributed by atoms with Crippen LogP contribution in [0.5, 0.6) is 5.75 Å². The Morgan fingerprint density at radius 2 is 1.95 bits per heavy atom. The normalized spacial score (nSPS) is 11.8. The second-order valence-corrected chi connectivity index (χ2v) is 6.77. The molecule has 0 aliphatic carbocycles. The van der Waals surface area contributed by atoms with Gasteiger partial charge in [0.2, 0.25) is 5.91 Å². The number of anilines is 1. The van der Waals surface area contributed by atoms with Crippen LogP contribution in [0.4, 0.5) is 5.69 Å². The number of halogens is 1. The molecule has 1 amide bonds. The molecular weight excluding hydrogens is 350 g/mol.